The van der Waals surface area contributed by atoms with Gasteiger partial charge < -0.3 is 10.2 Å². The molecule has 1 aliphatic heterocycles. The lowest BCUT2D eigenvalue weighted by molar-refractivity contribution is -0.124. The average Bonchev–Trinajstić information content (AvgIpc) is 2.53. The third-order valence-corrected chi connectivity index (χ3v) is 4.96. The second-order valence-corrected chi connectivity index (χ2v) is 7.85. The molecule has 1 atom stereocenters. The fourth-order valence-electron chi connectivity index (χ4n) is 2.74. The first-order valence-electron chi connectivity index (χ1n) is 7.84. The number of rotatable bonds is 4. The Hall–Kier alpha value is -2.11. The first-order chi connectivity index (χ1) is 11.2. The summed E-state index contributed by atoms with van der Waals surface area (Å²) in [6.45, 7) is 5.02. The van der Waals surface area contributed by atoms with Crippen molar-refractivity contribution in [3.05, 3.63) is 23.8 Å². The SMILES string of the molecule is CC(C)C(=O)NC1CCCN(c2ccc(S(N)(=O)=O)cc2C#N)C1. The lowest BCUT2D eigenvalue weighted by atomic mass is 10.0. The first-order valence-corrected chi connectivity index (χ1v) is 9.39. The van der Waals surface area contributed by atoms with Crippen LogP contribution in [-0.2, 0) is 14.8 Å². The highest BCUT2D eigenvalue weighted by Gasteiger charge is 2.24. The molecule has 1 heterocycles. The molecule has 24 heavy (non-hydrogen) atoms. The number of anilines is 1. The number of primary sulfonamides is 1. The van der Waals surface area contributed by atoms with Crippen LogP contribution < -0.4 is 15.4 Å². The van der Waals surface area contributed by atoms with Crippen LogP contribution in [0.25, 0.3) is 0 Å². The van der Waals surface area contributed by atoms with Gasteiger partial charge in [-0.05, 0) is 31.0 Å². The number of carbonyl (C=O) groups excluding carboxylic acids is 1. The molecule has 0 aromatic heterocycles. The Kier molecular flexibility index (Phi) is 5.47. The molecule has 0 saturated carbocycles. The summed E-state index contributed by atoms with van der Waals surface area (Å²) in [6, 6.07) is 6.34. The highest BCUT2D eigenvalue weighted by atomic mass is 32.2. The van der Waals surface area contributed by atoms with Crippen molar-refractivity contribution in [2.24, 2.45) is 11.1 Å². The third kappa shape index (κ3) is 4.24. The highest BCUT2D eigenvalue weighted by molar-refractivity contribution is 7.89. The molecule has 1 fully saturated rings. The van der Waals surface area contributed by atoms with Crippen LogP contribution in [0.4, 0.5) is 5.69 Å². The second-order valence-electron chi connectivity index (χ2n) is 6.28. The number of nitrogens with two attached hydrogens (primary N) is 1. The molecular weight excluding hydrogens is 328 g/mol. The largest absolute Gasteiger partial charge is 0.368 e. The highest BCUT2D eigenvalue weighted by Crippen LogP contribution is 2.26. The Morgan fingerprint density at radius 2 is 2.17 bits per heavy atom. The van der Waals surface area contributed by atoms with Gasteiger partial charge in [0.25, 0.3) is 0 Å². The minimum absolute atomic E-state index is 0.00642. The van der Waals surface area contributed by atoms with Gasteiger partial charge in [0.1, 0.15) is 6.07 Å². The van der Waals surface area contributed by atoms with Crippen molar-refractivity contribution in [3.8, 4) is 6.07 Å². The number of sulfonamides is 1. The minimum Gasteiger partial charge on any atom is -0.368 e. The van der Waals surface area contributed by atoms with E-state index in [4.69, 9.17) is 5.14 Å². The van der Waals surface area contributed by atoms with E-state index in [1.54, 1.807) is 6.07 Å². The number of hydrogen-bond donors (Lipinski definition) is 2. The maximum atomic E-state index is 11.9. The van der Waals surface area contributed by atoms with Crippen molar-refractivity contribution >= 4 is 21.6 Å². The van der Waals surface area contributed by atoms with Crippen molar-refractivity contribution < 1.29 is 13.2 Å². The van der Waals surface area contributed by atoms with Gasteiger partial charge in [-0.1, -0.05) is 13.8 Å². The topological polar surface area (TPSA) is 116 Å². The van der Waals surface area contributed by atoms with Crippen LogP contribution in [-0.4, -0.2) is 33.5 Å². The molecule has 1 aliphatic rings. The Balaban J connectivity index is 2.22. The molecule has 1 amide bonds. The summed E-state index contributed by atoms with van der Waals surface area (Å²) in [5.41, 5.74) is 0.922. The summed E-state index contributed by atoms with van der Waals surface area (Å²) in [6.07, 6.45) is 1.76. The molecule has 0 bridgehead atoms. The third-order valence-electron chi connectivity index (χ3n) is 4.05. The van der Waals surface area contributed by atoms with Gasteiger partial charge in [-0.25, -0.2) is 13.6 Å². The predicted octanol–water partition coefficient (Wildman–Crippen LogP) is 0.947. The monoisotopic (exact) mass is 350 g/mol. The van der Waals surface area contributed by atoms with Gasteiger partial charge in [0.05, 0.1) is 16.1 Å². The lowest BCUT2D eigenvalue weighted by Gasteiger charge is -2.35. The fourth-order valence-corrected chi connectivity index (χ4v) is 3.28. The molecular formula is C16H22N4O3S. The van der Waals surface area contributed by atoms with Crippen LogP contribution in [0.1, 0.15) is 32.3 Å². The normalized spacial score (nSPS) is 18.3. The average molecular weight is 350 g/mol. The number of piperidine rings is 1. The van der Waals surface area contributed by atoms with Crippen molar-refractivity contribution in [2.75, 3.05) is 18.0 Å². The molecule has 0 radical (unpaired) electrons. The van der Waals surface area contributed by atoms with Crippen molar-refractivity contribution in [1.82, 2.24) is 5.32 Å². The van der Waals surface area contributed by atoms with Crippen molar-refractivity contribution in [3.63, 3.8) is 0 Å². The summed E-state index contributed by atoms with van der Waals surface area (Å²) in [5, 5.41) is 17.5. The first kappa shape index (κ1) is 18.2. The predicted molar refractivity (Wildman–Crippen MR) is 90.7 cm³/mol. The molecule has 8 heteroatoms. The van der Waals surface area contributed by atoms with E-state index in [1.807, 2.05) is 24.8 Å². The zero-order chi connectivity index (χ0) is 17.9. The van der Waals surface area contributed by atoms with Crippen molar-refractivity contribution in [2.45, 2.75) is 37.6 Å². The minimum atomic E-state index is -3.85. The van der Waals surface area contributed by atoms with Gasteiger partial charge in [0, 0.05) is 25.0 Å². The van der Waals surface area contributed by atoms with E-state index in [0.717, 1.165) is 19.4 Å². The zero-order valence-corrected chi connectivity index (χ0v) is 14.6. The van der Waals surface area contributed by atoms with E-state index >= 15 is 0 Å². The smallest absolute Gasteiger partial charge is 0.238 e. The maximum absolute atomic E-state index is 11.9. The molecule has 3 N–H and O–H groups in total. The number of carbonyl (C=O) groups is 1. The lowest BCUT2D eigenvalue weighted by Crippen LogP contribution is -2.49. The molecule has 1 aromatic rings. The Bertz CT molecular complexity index is 768. The van der Waals surface area contributed by atoms with Crippen LogP contribution >= 0.6 is 0 Å². The number of amides is 1. The maximum Gasteiger partial charge on any atom is 0.238 e. The standard InChI is InChI=1S/C16H22N4O3S/c1-11(2)16(21)19-13-4-3-7-20(10-13)15-6-5-14(24(18,22)23)8-12(15)9-17/h5-6,8,11,13H,3-4,7,10H2,1-2H3,(H,19,21)(H2,18,22,23). The molecule has 130 valence electrons. The molecule has 1 unspecified atom stereocenters. The van der Waals surface area contributed by atoms with Crippen LogP contribution in [0, 0.1) is 17.2 Å². The number of benzene rings is 1. The van der Waals surface area contributed by atoms with Gasteiger partial charge in [0.15, 0.2) is 0 Å². The van der Waals surface area contributed by atoms with Crippen LogP contribution in [0.3, 0.4) is 0 Å². The second kappa shape index (κ2) is 7.20. The van der Waals surface area contributed by atoms with E-state index < -0.39 is 10.0 Å². The summed E-state index contributed by atoms with van der Waals surface area (Å²) in [5.74, 6) is -0.0731. The zero-order valence-electron chi connectivity index (χ0n) is 13.8. The van der Waals surface area contributed by atoms with E-state index in [0.29, 0.717) is 12.2 Å². The Morgan fingerprint density at radius 3 is 2.75 bits per heavy atom. The molecule has 0 aliphatic carbocycles. The fraction of sp³-hybridized carbons (Fsp3) is 0.500. The van der Waals surface area contributed by atoms with Crippen LogP contribution in [0.15, 0.2) is 23.1 Å². The van der Waals surface area contributed by atoms with Gasteiger partial charge in [-0.15, -0.1) is 0 Å². The molecule has 1 aromatic carbocycles. The summed E-state index contributed by atoms with van der Waals surface area (Å²) in [4.78, 5) is 13.8. The number of nitrogens with zero attached hydrogens (tertiary/aromatic N) is 2. The van der Waals surface area contributed by atoms with Gasteiger partial charge >= 0.3 is 0 Å². The summed E-state index contributed by atoms with van der Waals surface area (Å²) < 4.78 is 22.9. The van der Waals surface area contributed by atoms with Gasteiger partial charge in [-0.3, -0.25) is 4.79 Å². The van der Waals surface area contributed by atoms with Crippen molar-refractivity contribution in [1.29, 1.82) is 5.26 Å². The molecule has 1 saturated heterocycles. The molecule has 0 spiro atoms. The van der Waals surface area contributed by atoms with E-state index in [9.17, 15) is 18.5 Å². The Labute approximate surface area is 142 Å². The van der Waals surface area contributed by atoms with E-state index in [1.165, 1.54) is 12.1 Å². The van der Waals surface area contributed by atoms with E-state index in [2.05, 4.69) is 5.32 Å². The number of nitriles is 1. The quantitative estimate of drug-likeness (QED) is 0.838. The van der Waals surface area contributed by atoms with E-state index in [-0.39, 0.29) is 28.3 Å². The summed E-state index contributed by atoms with van der Waals surface area (Å²) in [7, 11) is -3.85. The Morgan fingerprint density at radius 1 is 1.46 bits per heavy atom. The van der Waals surface area contributed by atoms with Crippen LogP contribution in [0.5, 0.6) is 0 Å². The van der Waals surface area contributed by atoms with Gasteiger partial charge in [0.2, 0.25) is 15.9 Å². The molecule has 2 rings (SSSR count). The van der Waals surface area contributed by atoms with Crippen LogP contribution in [0.2, 0.25) is 0 Å². The molecule has 7 nitrogen and oxygen atoms in total. The van der Waals surface area contributed by atoms with Gasteiger partial charge in [-0.2, -0.15) is 5.26 Å². The number of nitrogens with one attached hydrogen (secondary N) is 1. The number of hydrogen-bond acceptors (Lipinski definition) is 5. The summed E-state index contributed by atoms with van der Waals surface area (Å²) >= 11 is 0.